The van der Waals surface area contributed by atoms with Crippen molar-refractivity contribution in [3.05, 3.63) is 52.9 Å². The van der Waals surface area contributed by atoms with Crippen LogP contribution in [-0.2, 0) is 6.42 Å². The Morgan fingerprint density at radius 2 is 2.03 bits per heavy atom. The minimum absolute atomic E-state index is 0.181. The summed E-state index contributed by atoms with van der Waals surface area (Å²) in [6.07, 6.45) is 6.57. The van der Waals surface area contributed by atoms with Crippen LogP contribution in [0.4, 0.5) is 14.7 Å². The molecule has 0 aliphatic heterocycles. The average Bonchev–Trinajstić information content (AvgIpc) is 3.25. The van der Waals surface area contributed by atoms with Gasteiger partial charge in [0.25, 0.3) is 0 Å². The average molecular weight is 409 g/mol. The van der Waals surface area contributed by atoms with E-state index in [-0.39, 0.29) is 18.4 Å². The van der Waals surface area contributed by atoms with E-state index in [0.29, 0.717) is 30.7 Å². The molecule has 2 aliphatic carbocycles. The number of hydrogen-bond acceptors (Lipinski definition) is 4. The quantitative estimate of drug-likeness (QED) is 0.633. The molecule has 1 saturated carbocycles. The van der Waals surface area contributed by atoms with E-state index in [0.717, 1.165) is 40.2 Å². The second kappa shape index (κ2) is 6.86. The largest absolute Gasteiger partial charge is 0.351 e. The van der Waals surface area contributed by atoms with Crippen LogP contribution in [-0.4, -0.2) is 31.7 Å². The maximum absolute atomic E-state index is 14.9. The first-order chi connectivity index (χ1) is 14.3. The molecule has 30 heavy (non-hydrogen) atoms. The smallest absolute Gasteiger partial charge is 0.223 e. The standard InChI is InChI=1S/C23H25F2N5/c1-13(2)30-14(3)28-21-18(24)9-15(10-20(21)30)16-5-6-19-17(16)11-26-22(29-19)27-12-23(25)7-4-8-23/h5,9-11,13H,4,6-8,12H2,1-3H3,(H,26,27,29). The van der Waals surface area contributed by atoms with Gasteiger partial charge in [0.2, 0.25) is 5.95 Å². The number of hydrogen-bond donors (Lipinski definition) is 1. The SMILES string of the molecule is Cc1nc2c(F)cc(C3=CCc4nc(NCC5(F)CCC5)ncc43)cc2n1C(C)C. The summed E-state index contributed by atoms with van der Waals surface area (Å²) in [6.45, 7) is 6.27. The summed E-state index contributed by atoms with van der Waals surface area (Å²) in [4.78, 5) is 13.4. The number of nitrogens with zero attached hydrogens (tertiary/aromatic N) is 4. The summed E-state index contributed by atoms with van der Waals surface area (Å²) in [7, 11) is 0. The summed E-state index contributed by atoms with van der Waals surface area (Å²) >= 11 is 0. The number of aryl methyl sites for hydroxylation is 1. The molecular formula is C23H25F2N5. The molecule has 0 bridgehead atoms. The lowest BCUT2D eigenvalue weighted by Crippen LogP contribution is -2.39. The van der Waals surface area contributed by atoms with E-state index in [2.05, 4.69) is 44.8 Å². The molecule has 1 fully saturated rings. The number of fused-ring (bicyclic) bond motifs is 2. The lowest BCUT2D eigenvalue weighted by atomic mass is 9.82. The van der Waals surface area contributed by atoms with E-state index in [1.165, 1.54) is 6.07 Å². The Hall–Kier alpha value is -2.83. The van der Waals surface area contributed by atoms with Crippen molar-refractivity contribution in [2.45, 2.75) is 58.2 Å². The zero-order chi connectivity index (χ0) is 21.0. The third kappa shape index (κ3) is 3.07. The van der Waals surface area contributed by atoms with Crippen LogP contribution in [0.5, 0.6) is 0 Å². The van der Waals surface area contributed by atoms with E-state index in [1.807, 2.05) is 13.0 Å². The van der Waals surface area contributed by atoms with E-state index in [9.17, 15) is 8.78 Å². The van der Waals surface area contributed by atoms with Gasteiger partial charge in [-0.05, 0) is 63.3 Å². The molecule has 0 amide bonds. The van der Waals surface area contributed by atoms with Gasteiger partial charge in [-0.25, -0.2) is 23.7 Å². The van der Waals surface area contributed by atoms with Crippen LogP contribution in [0.2, 0.25) is 0 Å². The number of nitrogens with one attached hydrogen (secondary N) is 1. The summed E-state index contributed by atoms with van der Waals surface area (Å²) in [5, 5.41) is 3.04. The van der Waals surface area contributed by atoms with E-state index >= 15 is 0 Å². The number of alkyl halides is 1. The molecule has 5 nitrogen and oxygen atoms in total. The fraction of sp³-hybridized carbons (Fsp3) is 0.435. The molecule has 0 radical (unpaired) electrons. The highest BCUT2D eigenvalue weighted by Gasteiger charge is 2.36. The molecular weight excluding hydrogens is 384 g/mol. The Morgan fingerprint density at radius 3 is 2.73 bits per heavy atom. The van der Waals surface area contributed by atoms with Crippen LogP contribution in [0.25, 0.3) is 16.6 Å². The van der Waals surface area contributed by atoms with Crippen molar-refractivity contribution < 1.29 is 8.78 Å². The number of benzene rings is 1. The first-order valence-corrected chi connectivity index (χ1v) is 10.5. The van der Waals surface area contributed by atoms with Crippen molar-refractivity contribution in [1.29, 1.82) is 0 Å². The van der Waals surface area contributed by atoms with Gasteiger partial charge in [0.15, 0.2) is 5.82 Å². The molecule has 2 aliphatic rings. The fourth-order valence-electron chi connectivity index (χ4n) is 4.52. The van der Waals surface area contributed by atoms with Crippen LogP contribution in [0, 0.1) is 12.7 Å². The zero-order valence-corrected chi connectivity index (χ0v) is 17.5. The van der Waals surface area contributed by atoms with Gasteiger partial charge in [0.1, 0.15) is 17.0 Å². The Bertz CT molecular complexity index is 1170. The molecule has 3 aromatic rings. The minimum Gasteiger partial charge on any atom is -0.351 e. The molecule has 7 heteroatoms. The molecule has 0 spiro atoms. The topological polar surface area (TPSA) is 55.6 Å². The zero-order valence-electron chi connectivity index (χ0n) is 17.5. The fourth-order valence-corrected chi connectivity index (χ4v) is 4.52. The number of imidazole rings is 1. The van der Waals surface area contributed by atoms with Gasteiger partial charge in [-0.2, -0.15) is 0 Å². The first kappa shape index (κ1) is 19.2. The van der Waals surface area contributed by atoms with Gasteiger partial charge < -0.3 is 9.88 Å². The molecule has 1 N–H and O–H groups in total. The van der Waals surface area contributed by atoms with Crippen molar-refractivity contribution in [3.8, 4) is 0 Å². The van der Waals surface area contributed by atoms with E-state index in [4.69, 9.17) is 0 Å². The van der Waals surface area contributed by atoms with Gasteiger partial charge in [-0.15, -0.1) is 0 Å². The highest BCUT2D eigenvalue weighted by molar-refractivity contribution is 5.89. The van der Waals surface area contributed by atoms with Crippen molar-refractivity contribution in [3.63, 3.8) is 0 Å². The molecule has 2 heterocycles. The van der Waals surface area contributed by atoms with Crippen LogP contribution in [0.3, 0.4) is 0 Å². The predicted octanol–water partition coefficient (Wildman–Crippen LogP) is 5.15. The van der Waals surface area contributed by atoms with E-state index in [1.54, 1.807) is 6.20 Å². The Kier molecular flexibility index (Phi) is 4.38. The summed E-state index contributed by atoms with van der Waals surface area (Å²) in [5.74, 6) is 0.919. The van der Waals surface area contributed by atoms with Crippen molar-refractivity contribution in [2.24, 2.45) is 0 Å². The normalized spacial score (nSPS) is 17.2. The number of aromatic nitrogens is 4. The Morgan fingerprint density at radius 1 is 1.23 bits per heavy atom. The monoisotopic (exact) mass is 409 g/mol. The number of halogens is 2. The summed E-state index contributed by atoms with van der Waals surface area (Å²) < 4.78 is 31.2. The highest BCUT2D eigenvalue weighted by atomic mass is 19.1. The van der Waals surface area contributed by atoms with Gasteiger partial charge in [-0.1, -0.05) is 6.08 Å². The van der Waals surface area contributed by atoms with Crippen LogP contribution in [0.15, 0.2) is 24.4 Å². The molecule has 0 unspecified atom stereocenters. The summed E-state index contributed by atoms with van der Waals surface area (Å²) in [6, 6.07) is 3.71. The Balaban J connectivity index is 1.47. The van der Waals surface area contributed by atoms with Crippen LogP contribution >= 0.6 is 0 Å². The van der Waals surface area contributed by atoms with Gasteiger partial charge >= 0.3 is 0 Å². The van der Waals surface area contributed by atoms with Crippen molar-refractivity contribution in [1.82, 2.24) is 19.5 Å². The maximum Gasteiger partial charge on any atom is 0.223 e. The molecule has 0 atom stereocenters. The number of rotatable bonds is 5. The van der Waals surface area contributed by atoms with Gasteiger partial charge in [0, 0.05) is 24.2 Å². The number of allylic oxidation sites excluding steroid dienone is 1. The molecule has 5 rings (SSSR count). The number of anilines is 1. The minimum atomic E-state index is -1.13. The van der Waals surface area contributed by atoms with Crippen molar-refractivity contribution in [2.75, 3.05) is 11.9 Å². The lowest BCUT2D eigenvalue weighted by Gasteiger charge is -2.33. The van der Waals surface area contributed by atoms with Crippen molar-refractivity contribution >= 4 is 22.6 Å². The summed E-state index contributed by atoms with van der Waals surface area (Å²) in [5.41, 5.74) is 3.55. The lowest BCUT2D eigenvalue weighted by molar-refractivity contribution is 0.0782. The predicted molar refractivity (Wildman–Crippen MR) is 114 cm³/mol. The molecule has 0 saturated heterocycles. The van der Waals surface area contributed by atoms with Crippen LogP contribution in [0.1, 0.15) is 61.8 Å². The second-order valence-corrected chi connectivity index (χ2v) is 8.68. The van der Waals surface area contributed by atoms with Gasteiger partial charge in [0.05, 0.1) is 17.8 Å². The third-order valence-electron chi connectivity index (χ3n) is 6.22. The Labute approximate surface area is 174 Å². The highest BCUT2D eigenvalue weighted by Crippen LogP contribution is 2.37. The third-order valence-corrected chi connectivity index (χ3v) is 6.22. The van der Waals surface area contributed by atoms with E-state index < -0.39 is 5.67 Å². The molecule has 156 valence electrons. The molecule has 1 aromatic carbocycles. The maximum atomic E-state index is 14.9. The van der Waals surface area contributed by atoms with Gasteiger partial charge in [-0.3, -0.25) is 0 Å². The van der Waals surface area contributed by atoms with Crippen LogP contribution < -0.4 is 5.32 Å². The second-order valence-electron chi connectivity index (χ2n) is 8.68. The molecule has 2 aromatic heterocycles. The first-order valence-electron chi connectivity index (χ1n) is 10.5.